The number of esters is 1. The standard InChI is InChI=1S/C18H17NO6/c1-11(25-18(22)12-3-2-4-14(20)9-12)17(21)19-13-5-6-15-16(10-13)24-8-7-23-15/h2-6,9-11,20H,7-8H2,1H3,(H,19,21)/t11-/m0/s1. The first-order valence-electron chi connectivity index (χ1n) is 7.73. The quantitative estimate of drug-likeness (QED) is 0.828. The highest BCUT2D eigenvalue weighted by molar-refractivity contribution is 5.97. The minimum atomic E-state index is -1.01. The van der Waals surface area contributed by atoms with Gasteiger partial charge in [0.05, 0.1) is 5.56 Å². The van der Waals surface area contributed by atoms with Crippen LogP contribution in [0.1, 0.15) is 17.3 Å². The van der Waals surface area contributed by atoms with Gasteiger partial charge in [-0.05, 0) is 37.3 Å². The molecule has 130 valence electrons. The predicted octanol–water partition coefficient (Wildman–Crippen LogP) is 2.35. The molecule has 25 heavy (non-hydrogen) atoms. The van der Waals surface area contributed by atoms with Gasteiger partial charge in [0.2, 0.25) is 0 Å². The van der Waals surface area contributed by atoms with Crippen molar-refractivity contribution < 1.29 is 28.9 Å². The smallest absolute Gasteiger partial charge is 0.339 e. The average Bonchev–Trinajstić information content (AvgIpc) is 2.61. The summed E-state index contributed by atoms with van der Waals surface area (Å²) in [7, 11) is 0. The number of ether oxygens (including phenoxy) is 3. The van der Waals surface area contributed by atoms with E-state index in [9.17, 15) is 14.7 Å². The fourth-order valence-electron chi connectivity index (χ4n) is 2.28. The van der Waals surface area contributed by atoms with E-state index in [1.165, 1.54) is 31.2 Å². The van der Waals surface area contributed by atoms with Crippen LogP contribution in [0.2, 0.25) is 0 Å². The summed E-state index contributed by atoms with van der Waals surface area (Å²) >= 11 is 0. The maximum Gasteiger partial charge on any atom is 0.339 e. The second-order valence-electron chi connectivity index (χ2n) is 5.45. The number of hydrogen-bond donors (Lipinski definition) is 2. The van der Waals surface area contributed by atoms with Crippen LogP contribution in [0.4, 0.5) is 5.69 Å². The Morgan fingerprint density at radius 3 is 2.64 bits per heavy atom. The highest BCUT2D eigenvalue weighted by atomic mass is 16.6. The van der Waals surface area contributed by atoms with Gasteiger partial charge in [-0.2, -0.15) is 0 Å². The minimum absolute atomic E-state index is 0.0529. The van der Waals surface area contributed by atoms with Crippen molar-refractivity contribution in [2.24, 2.45) is 0 Å². The topological polar surface area (TPSA) is 94.1 Å². The summed E-state index contributed by atoms with van der Waals surface area (Å²) in [5.74, 6) is -0.0604. The molecule has 1 aliphatic heterocycles. The third kappa shape index (κ3) is 4.00. The summed E-state index contributed by atoms with van der Waals surface area (Å²) in [6, 6.07) is 10.8. The third-order valence-corrected chi connectivity index (χ3v) is 3.54. The molecule has 0 radical (unpaired) electrons. The number of fused-ring (bicyclic) bond motifs is 1. The maximum atomic E-state index is 12.2. The molecule has 0 aliphatic carbocycles. The van der Waals surface area contributed by atoms with Gasteiger partial charge >= 0.3 is 5.97 Å². The Kier molecular flexibility index (Phi) is 4.74. The van der Waals surface area contributed by atoms with Crippen molar-refractivity contribution in [2.75, 3.05) is 18.5 Å². The van der Waals surface area contributed by atoms with Crippen molar-refractivity contribution in [3.05, 3.63) is 48.0 Å². The van der Waals surface area contributed by atoms with Crippen LogP contribution in [0.3, 0.4) is 0 Å². The van der Waals surface area contributed by atoms with E-state index in [0.29, 0.717) is 30.4 Å². The molecule has 0 saturated carbocycles. The Balaban J connectivity index is 1.62. The fourth-order valence-corrected chi connectivity index (χ4v) is 2.28. The zero-order chi connectivity index (χ0) is 17.8. The number of hydrogen-bond acceptors (Lipinski definition) is 6. The molecule has 1 heterocycles. The normalized spacial score (nSPS) is 13.6. The summed E-state index contributed by atoms with van der Waals surface area (Å²) < 4.78 is 16.0. The summed E-state index contributed by atoms with van der Waals surface area (Å²) in [5, 5.41) is 12.0. The number of phenolic OH excluding ortho intramolecular Hbond substituents is 1. The molecule has 0 saturated heterocycles. The van der Waals surface area contributed by atoms with Gasteiger partial charge in [-0.25, -0.2) is 4.79 Å². The van der Waals surface area contributed by atoms with E-state index in [2.05, 4.69) is 5.32 Å². The van der Waals surface area contributed by atoms with Gasteiger partial charge < -0.3 is 24.6 Å². The molecule has 0 aromatic heterocycles. The van der Waals surface area contributed by atoms with Gasteiger partial charge in [0.25, 0.3) is 5.91 Å². The van der Waals surface area contributed by atoms with Gasteiger partial charge in [-0.1, -0.05) is 6.07 Å². The molecule has 0 fully saturated rings. The monoisotopic (exact) mass is 343 g/mol. The molecule has 1 atom stereocenters. The van der Waals surface area contributed by atoms with Gasteiger partial charge in [-0.3, -0.25) is 4.79 Å². The lowest BCUT2D eigenvalue weighted by Crippen LogP contribution is -2.30. The van der Waals surface area contributed by atoms with Crippen LogP contribution in [-0.2, 0) is 9.53 Å². The van der Waals surface area contributed by atoms with E-state index in [0.717, 1.165) is 0 Å². The predicted molar refractivity (Wildman–Crippen MR) is 89.0 cm³/mol. The van der Waals surface area contributed by atoms with Crippen molar-refractivity contribution in [3.63, 3.8) is 0 Å². The average molecular weight is 343 g/mol. The van der Waals surface area contributed by atoms with E-state index in [4.69, 9.17) is 14.2 Å². The van der Waals surface area contributed by atoms with E-state index in [-0.39, 0.29) is 11.3 Å². The summed E-state index contributed by atoms with van der Waals surface area (Å²) in [6.07, 6.45) is -1.01. The molecule has 0 bridgehead atoms. The Bertz CT molecular complexity index is 804. The SMILES string of the molecule is C[C@H](OC(=O)c1cccc(O)c1)C(=O)Nc1ccc2c(c1)OCCO2. The molecular formula is C18H17NO6. The second-order valence-corrected chi connectivity index (χ2v) is 5.45. The summed E-state index contributed by atoms with van der Waals surface area (Å²) in [5.41, 5.74) is 0.675. The Hall–Kier alpha value is -3.22. The maximum absolute atomic E-state index is 12.2. The van der Waals surface area contributed by atoms with Crippen molar-refractivity contribution in [2.45, 2.75) is 13.0 Å². The number of carbonyl (C=O) groups excluding carboxylic acids is 2. The molecule has 7 nitrogen and oxygen atoms in total. The lowest BCUT2D eigenvalue weighted by atomic mass is 10.2. The lowest BCUT2D eigenvalue weighted by molar-refractivity contribution is -0.123. The Morgan fingerprint density at radius 2 is 1.88 bits per heavy atom. The second kappa shape index (κ2) is 7.12. The molecule has 0 spiro atoms. The van der Waals surface area contributed by atoms with Gasteiger partial charge in [0.15, 0.2) is 17.6 Å². The number of carbonyl (C=O) groups is 2. The molecule has 1 amide bonds. The van der Waals surface area contributed by atoms with Crippen LogP contribution in [0.25, 0.3) is 0 Å². The zero-order valence-corrected chi connectivity index (χ0v) is 13.5. The van der Waals surface area contributed by atoms with E-state index in [1.54, 1.807) is 18.2 Å². The van der Waals surface area contributed by atoms with Crippen LogP contribution >= 0.6 is 0 Å². The van der Waals surface area contributed by atoms with Crippen molar-refractivity contribution in [1.29, 1.82) is 0 Å². The number of nitrogens with one attached hydrogen (secondary N) is 1. The number of amides is 1. The number of aromatic hydroxyl groups is 1. The zero-order valence-electron chi connectivity index (χ0n) is 13.5. The van der Waals surface area contributed by atoms with Crippen LogP contribution in [0, 0.1) is 0 Å². The Morgan fingerprint density at radius 1 is 1.12 bits per heavy atom. The van der Waals surface area contributed by atoms with Crippen LogP contribution < -0.4 is 14.8 Å². The number of anilines is 1. The number of rotatable bonds is 4. The molecule has 2 aromatic carbocycles. The van der Waals surface area contributed by atoms with Crippen LogP contribution in [-0.4, -0.2) is 36.3 Å². The van der Waals surface area contributed by atoms with E-state index < -0.39 is 18.0 Å². The largest absolute Gasteiger partial charge is 0.508 e. The molecule has 3 rings (SSSR count). The first-order chi connectivity index (χ1) is 12.0. The summed E-state index contributed by atoms with van der Waals surface area (Å²) in [4.78, 5) is 24.2. The molecule has 2 N–H and O–H groups in total. The highest BCUT2D eigenvalue weighted by Crippen LogP contribution is 2.32. The molecule has 1 aliphatic rings. The molecular weight excluding hydrogens is 326 g/mol. The van der Waals surface area contributed by atoms with Crippen LogP contribution in [0.5, 0.6) is 17.2 Å². The van der Waals surface area contributed by atoms with Gasteiger partial charge in [0.1, 0.15) is 19.0 Å². The van der Waals surface area contributed by atoms with E-state index >= 15 is 0 Å². The number of benzene rings is 2. The first-order valence-corrected chi connectivity index (χ1v) is 7.73. The van der Waals surface area contributed by atoms with Crippen molar-refractivity contribution in [3.8, 4) is 17.2 Å². The van der Waals surface area contributed by atoms with E-state index in [1.807, 2.05) is 0 Å². The van der Waals surface area contributed by atoms with Crippen molar-refractivity contribution >= 4 is 17.6 Å². The third-order valence-electron chi connectivity index (χ3n) is 3.54. The minimum Gasteiger partial charge on any atom is -0.508 e. The Labute approximate surface area is 144 Å². The highest BCUT2D eigenvalue weighted by Gasteiger charge is 2.20. The molecule has 0 unspecified atom stereocenters. The first kappa shape index (κ1) is 16.6. The van der Waals surface area contributed by atoms with Gasteiger partial charge in [0, 0.05) is 11.8 Å². The molecule has 7 heteroatoms. The van der Waals surface area contributed by atoms with Crippen molar-refractivity contribution in [1.82, 2.24) is 0 Å². The fraction of sp³-hybridized carbons (Fsp3) is 0.222. The lowest BCUT2D eigenvalue weighted by Gasteiger charge is -2.19. The molecule has 2 aromatic rings. The van der Waals surface area contributed by atoms with Gasteiger partial charge in [-0.15, -0.1) is 0 Å². The summed E-state index contributed by atoms with van der Waals surface area (Å²) in [6.45, 7) is 2.40. The number of phenols is 1. The van der Waals surface area contributed by atoms with Crippen LogP contribution in [0.15, 0.2) is 42.5 Å².